The summed E-state index contributed by atoms with van der Waals surface area (Å²) in [7, 11) is 0. The number of nitrogens with zero attached hydrogens (tertiary/aromatic N) is 1. The van der Waals surface area contributed by atoms with Crippen molar-refractivity contribution < 1.29 is 9.18 Å². The molecular weight excluding hydrogens is 375 g/mol. The van der Waals surface area contributed by atoms with Gasteiger partial charge < -0.3 is 9.88 Å². The van der Waals surface area contributed by atoms with Crippen LogP contribution in [0.3, 0.4) is 0 Å². The molecule has 4 heteroatoms. The van der Waals surface area contributed by atoms with Crippen molar-refractivity contribution in [2.45, 2.75) is 25.8 Å². The molecule has 1 amide bonds. The first-order valence-electron chi connectivity index (χ1n) is 10.4. The van der Waals surface area contributed by atoms with Gasteiger partial charge in [0.25, 0.3) is 0 Å². The van der Waals surface area contributed by atoms with E-state index in [4.69, 9.17) is 0 Å². The zero-order chi connectivity index (χ0) is 20.5. The Balaban J connectivity index is 1.39. The minimum atomic E-state index is -0.253. The fourth-order valence-corrected chi connectivity index (χ4v) is 4.42. The summed E-state index contributed by atoms with van der Waals surface area (Å²) in [4.78, 5) is 18.4. The van der Waals surface area contributed by atoms with E-state index in [1.807, 2.05) is 29.2 Å². The van der Waals surface area contributed by atoms with E-state index in [0.717, 1.165) is 40.7 Å². The Morgan fingerprint density at radius 2 is 1.67 bits per heavy atom. The number of aryl methyl sites for hydroxylation is 1. The highest BCUT2D eigenvalue weighted by molar-refractivity contribution is 5.91. The molecule has 2 heterocycles. The molecule has 0 aliphatic carbocycles. The Labute approximate surface area is 175 Å². The summed E-state index contributed by atoms with van der Waals surface area (Å²) >= 11 is 0. The van der Waals surface area contributed by atoms with Gasteiger partial charge in [-0.2, -0.15) is 0 Å². The molecule has 150 valence electrons. The van der Waals surface area contributed by atoms with Crippen LogP contribution in [-0.4, -0.2) is 22.3 Å². The minimum absolute atomic E-state index is 0.180. The highest BCUT2D eigenvalue weighted by Crippen LogP contribution is 2.32. The third-order valence-electron chi connectivity index (χ3n) is 6.02. The number of hydrogen-bond acceptors (Lipinski definition) is 1. The second-order valence-electron chi connectivity index (χ2n) is 7.87. The number of fused-ring (bicyclic) bond motifs is 2. The predicted octanol–water partition coefficient (Wildman–Crippen LogP) is 5.49. The number of aromatic nitrogens is 1. The molecule has 1 aliphatic rings. The molecule has 1 N–H and O–H groups in total. The van der Waals surface area contributed by atoms with Gasteiger partial charge in [0, 0.05) is 36.1 Å². The highest BCUT2D eigenvalue weighted by Gasteiger charge is 2.21. The lowest BCUT2D eigenvalue weighted by Gasteiger charge is -2.29. The molecule has 0 radical (unpaired) electrons. The van der Waals surface area contributed by atoms with Crippen LogP contribution in [0.25, 0.3) is 22.2 Å². The summed E-state index contributed by atoms with van der Waals surface area (Å²) in [5.74, 6) is -0.0724. The molecule has 0 bridgehead atoms. The first-order chi connectivity index (χ1) is 14.7. The van der Waals surface area contributed by atoms with Gasteiger partial charge in [0.15, 0.2) is 0 Å². The van der Waals surface area contributed by atoms with E-state index in [1.165, 1.54) is 23.3 Å². The molecule has 1 aromatic heterocycles. The maximum absolute atomic E-state index is 13.4. The van der Waals surface area contributed by atoms with Crippen molar-refractivity contribution in [1.29, 1.82) is 0 Å². The second-order valence-corrected chi connectivity index (χ2v) is 7.87. The number of aromatic amines is 1. The molecule has 3 aromatic carbocycles. The largest absolute Gasteiger partial charge is 0.354 e. The zero-order valence-corrected chi connectivity index (χ0v) is 16.7. The monoisotopic (exact) mass is 398 g/mol. The van der Waals surface area contributed by atoms with E-state index in [2.05, 4.69) is 29.2 Å². The Bertz CT molecular complexity index is 1210. The van der Waals surface area contributed by atoms with E-state index in [9.17, 15) is 9.18 Å². The van der Waals surface area contributed by atoms with Gasteiger partial charge in [-0.1, -0.05) is 42.5 Å². The molecule has 30 heavy (non-hydrogen) atoms. The van der Waals surface area contributed by atoms with Crippen molar-refractivity contribution in [3.63, 3.8) is 0 Å². The van der Waals surface area contributed by atoms with E-state index in [-0.39, 0.29) is 11.7 Å². The van der Waals surface area contributed by atoms with Gasteiger partial charge in [-0.25, -0.2) is 4.39 Å². The minimum Gasteiger partial charge on any atom is -0.354 e. The number of nitrogens with one attached hydrogen (secondary N) is 1. The number of halogens is 1. The first-order valence-corrected chi connectivity index (χ1v) is 10.4. The van der Waals surface area contributed by atoms with Crippen LogP contribution < -0.4 is 0 Å². The summed E-state index contributed by atoms with van der Waals surface area (Å²) in [5.41, 5.74) is 6.64. The van der Waals surface area contributed by atoms with Crippen molar-refractivity contribution in [1.82, 2.24) is 9.88 Å². The maximum atomic E-state index is 13.4. The number of hydrogen-bond donors (Lipinski definition) is 1. The molecule has 0 fully saturated rings. The van der Waals surface area contributed by atoms with Crippen molar-refractivity contribution in [2.24, 2.45) is 0 Å². The van der Waals surface area contributed by atoms with E-state index < -0.39 is 0 Å². The smallest absolute Gasteiger partial charge is 0.223 e. The van der Waals surface area contributed by atoms with Gasteiger partial charge in [0.1, 0.15) is 5.82 Å². The molecule has 0 spiro atoms. The Hall–Kier alpha value is -3.40. The van der Waals surface area contributed by atoms with Crippen LogP contribution in [0.5, 0.6) is 0 Å². The van der Waals surface area contributed by atoms with Crippen LogP contribution in [0, 0.1) is 5.82 Å². The molecular formula is C26H23FN2O. The number of carbonyl (C=O) groups is 1. The van der Waals surface area contributed by atoms with Crippen LogP contribution in [0.1, 0.15) is 23.1 Å². The average molecular weight is 398 g/mol. The van der Waals surface area contributed by atoms with Crippen LogP contribution in [0.4, 0.5) is 4.39 Å². The Morgan fingerprint density at radius 3 is 2.50 bits per heavy atom. The van der Waals surface area contributed by atoms with Gasteiger partial charge in [-0.3, -0.25) is 4.79 Å². The lowest BCUT2D eigenvalue weighted by atomic mass is 9.98. The topological polar surface area (TPSA) is 36.1 Å². The lowest BCUT2D eigenvalue weighted by Crippen LogP contribution is -2.36. The fraction of sp³-hybridized carbons (Fsp3) is 0.192. The van der Waals surface area contributed by atoms with Crippen molar-refractivity contribution in [3.05, 3.63) is 95.3 Å². The molecule has 3 nitrogen and oxygen atoms in total. The summed E-state index contributed by atoms with van der Waals surface area (Å²) in [6, 6.07) is 23.0. The number of benzene rings is 3. The van der Waals surface area contributed by atoms with Crippen LogP contribution in [-0.2, 0) is 24.2 Å². The van der Waals surface area contributed by atoms with Gasteiger partial charge in [0.2, 0.25) is 5.91 Å². The fourth-order valence-electron chi connectivity index (χ4n) is 4.42. The lowest BCUT2D eigenvalue weighted by molar-refractivity contribution is -0.132. The van der Waals surface area contributed by atoms with E-state index in [1.54, 1.807) is 12.1 Å². The standard InChI is InChI=1S/C26H23FN2O/c27-21-11-9-19(10-12-21)26-23(22-7-3-4-8-24(22)28-26)13-14-25(30)29-16-15-18-5-1-2-6-20(18)17-29/h1-12,28H,13-17H2. The molecule has 0 saturated heterocycles. The van der Waals surface area contributed by atoms with Crippen molar-refractivity contribution >= 4 is 16.8 Å². The molecule has 0 atom stereocenters. The summed E-state index contributed by atoms with van der Waals surface area (Å²) in [5, 5.41) is 1.12. The van der Waals surface area contributed by atoms with Gasteiger partial charge in [0.05, 0.1) is 0 Å². The van der Waals surface area contributed by atoms with Gasteiger partial charge in [-0.15, -0.1) is 0 Å². The molecule has 4 aromatic rings. The Kier molecular flexibility index (Phi) is 4.83. The molecule has 0 unspecified atom stereocenters. The SMILES string of the molecule is O=C(CCc1c(-c2ccc(F)cc2)[nH]c2ccccc12)N1CCc2ccccc2C1. The van der Waals surface area contributed by atoms with Gasteiger partial charge >= 0.3 is 0 Å². The zero-order valence-electron chi connectivity index (χ0n) is 16.7. The number of H-pyrrole nitrogens is 1. The molecule has 5 rings (SSSR count). The predicted molar refractivity (Wildman–Crippen MR) is 118 cm³/mol. The average Bonchev–Trinajstić information content (AvgIpc) is 3.16. The van der Waals surface area contributed by atoms with Crippen LogP contribution in [0.2, 0.25) is 0 Å². The third kappa shape index (κ3) is 3.50. The van der Waals surface area contributed by atoms with Crippen molar-refractivity contribution in [3.8, 4) is 11.3 Å². The Morgan fingerprint density at radius 1 is 0.933 bits per heavy atom. The van der Waals surface area contributed by atoms with E-state index in [0.29, 0.717) is 19.4 Å². The summed E-state index contributed by atoms with van der Waals surface area (Å²) < 4.78 is 13.4. The summed E-state index contributed by atoms with van der Waals surface area (Å²) in [6.45, 7) is 1.46. The number of para-hydroxylation sites is 1. The number of carbonyl (C=O) groups excluding carboxylic acids is 1. The van der Waals surface area contributed by atoms with Gasteiger partial charge in [-0.05, 0) is 65.4 Å². The second kappa shape index (κ2) is 7.79. The van der Waals surface area contributed by atoms with E-state index >= 15 is 0 Å². The molecule has 0 saturated carbocycles. The molecule has 1 aliphatic heterocycles. The maximum Gasteiger partial charge on any atom is 0.223 e. The summed E-state index contributed by atoms with van der Waals surface area (Å²) in [6.07, 6.45) is 2.02. The number of amides is 1. The number of rotatable bonds is 4. The highest BCUT2D eigenvalue weighted by atomic mass is 19.1. The first kappa shape index (κ1) is 18.6. The third-order valence-corrected chi connectivity index (χ3v) is 6.02. The normalized spacial score (nSPS) is 13.4. The quantitative estimate of drug-likeness (QED) is 0.485. The van der Waals surface area contributed by atoms with Crippen LogP contribution in [0.15, 0.2) is 72.8 Å². The van der Waals surface area contributed by atoms with Crippen molar-refractivity contribution in [2.75, 3.05) is 6.54 Å². The van der Waals surface area contributed by atoms with Crippen LogP contribution >= 0.6 is 0 Å².